The third-order valence-corrected chi connectivity index (χ3v) is 5.57. The molecule has 174 valence electrons. The van der Waals surface area contributed by atoms with E-state index in [1.807, 2.05) is 18.2 Å². The molecule has 0 bridgehead atoms. The summed E-state index contributed by atoms with van der Waals surface area (Å²) in [6.07, 6.45) is 4.20. The molecule has 1 unspecified atom stereocenters. The fraction of sp³-hybridized carbons (Fsp3) is 0.500. The molecule has 1 aromatic heterocycles. The van der Waals surface area contributed by atoms with Crippen LogP contribution in [0.25, 0.3) is 0 Å². The van der Waals surface area contributed by atoms with Crippen molar-refractivity contribution in [3.63, 3.8) is 0 Å². The second-order valence-corrected chi connectivity index (χ2v) is 7.65. The number of likely N-dealkylation sites (tertiary alicyclic amines) is 1. The number of aromatic nitrogens is 1. The number of rotatable bonds is 11. The first-order valence-corrected chi connectivity index (χ1v) is 11.1. The molecule has 1 aliphatic heterocycles. The summed E-state index contributed by atoms with van der Waals surface area (Å²) in [4.78, 5) is 11.3. The molecule has 1 aromatic carbocycles. The lowest BCUT2D eigenvalue weighted by Crippen LogP contribution is -2.42. The highest BCUT2D eigenvalue weighted by Gasteiger charge is 2.24. The maximum absolute atomic E-state index is 5.73. The molecule has 1 saturated heterocycles. The maximum atomic E-state index is 5.73. The highest BCUT2D eigenvalue weighted by molar-refractivity contribution is 5.79. The summed E-state index contributed by atoms with van der Waals surface area (Å²) >= 11 is 0. The topological polar surface area (TPSA) is 80.2 Å². The standard InChI is InChI=1S/C24H35N5O3/c1-25-24(27-17-20-9-7-11-26-23(20)32-15-14-30-2)28-18-22(29-12-4-5-13-29)19-8-6-10-21(16-19)31-3/h6-11,16,22H,4-5,12-15,17-18H2,1-3H3,(H2,25,27,28). The van der Waals surface area contributed by atoms with Crippen LogP contribution in [0, 0.1) is 0 Å². The molecule has 8 heteroatoms. The van der Waals surface area contributed by atoms with Crippen molar-refractivity contribution in [1.29, 1.82) is 0 Å². The van der Waals surface area contributed by atoms with Crippen molar-refractivity contribution in [1.82, 2.24) is 20.5 Å². The predicted molar refractivity (Wildman–Crippen MR) is 126 cm³/mol. The smallest absolute Gasteiger partial charge is 0.218 e. The van der Waals surface area contributed by atoms with Crippen LogP contribution >= 0.6 is 0 Å². The largest absolute Gasteiger partial charge is 0.497 e. The molecule has 0 spiro atoms. The second-order valence-electron chi connectivity index (χ2n) is 7.65. The number of hydrogen-bond acceptors (Lipinski definition) is 6. The predicted octanol–water partition coefficient (Wildman–Crippen LogP) is 2.62. The van der Waals surface area contributed by atoms with E-state index < -0.39 is 0 Å². The number of aliphatic imine (C=N–C) groups is 1. The summed E-state index contributed by atoms with van der Waals surface area (Å²) in [6, 6.07) is 12.5. The minimum Gasteiger partial charge on any atom is -0.497 e. The lowest BCUT2D eigenvalue weighted by Gasteiger charge is -2.29. The van der Waals surface area contributed by atoms with Crippen molar-refractivity contribution in [3.05, 3.63) is 53.7 Å². The third-order valence-electron chi connectivity index (χ3n) is 5.57. The fourth-order valence-corrected chi connectivity index (χ4v) is 3.86. The summed E-state index contributed by atoms with van der Waals surface area (Å²) in [6.45, 7) is 4.50. The molecule has 0 saturated carbocycles. The van der Waals surface area contributed by atoms with Crippen LogP contribution in [-0.4, -0.2) is 70.0 Å². The van der Waals surface area contributed by atoms with Gasteiger partial charge in [-0.15, -0.1) is 0 Å². The summed E-state index contributed by atoms with van der Waals surface area (Å²) in [7, 11) is 5.14. The Morgan fingerprint density at radius 1 is 1.12 bits per heavy atom. The number of pyridine rings is 1. The number of nitrogens with zero attached hydrogens (tertiary/aromatic N) is 3. The van der Waals surface area contributed by atoms with Gasteiger partial charge >= 0.3 is 0 Å². The maximum Gasteiger partial charge on any atom is 0.218 e. The Balaban J connectivity index is 1.61. The van der Waals surface area contributed by atoms with Gasteiger partial charge in [0.1, 0.15) is 12.4 Å². The van der Waals surface area contributed by atoms with E-state index in [9.17, 15) is 0 Å². The van der Waals surface area contributed by atoms with Crippen LogP contribution in [0.15, 0.2) is 47.6 Å². The van der Waals surface area contributed by atoms with Crippen LogP contribution in [-0.2, 0) is 11.3 Å². The number of nitrogens with one attached hydrogen (secondary N) is 2. The van der Waals surface area contributed by atoms with Gasteiger partial charge in [0, 0.05) is 39.0 Å². The molecule has 2 aromatic rings. The number of ether oxygens (including phenoxy) is 3. The van der Waals surface area contributed by atoms with Gasteiger partial charge in [-0.2, -0.15) is 0 Å². The van der Waals surface area contributed by atoms with E-state index in [4.69, 9.17) is 14.2 Å². The van der Waals surface area contributed by atoms with Crippen molar-refractivity contribution in [3.8, 4) is 11.6 Å². The van der Waals surface area contributed by atoms with Gasteiger partial charge in [-0.1, -0.05) is 18.2 Å². The van der Waals surface area contributed by atoms with Crippen molar-refractivity contribution >= 4 is 5.96 Å². The van der Waals surface area contributed by atoms with Gasteiger partial charge in [0.05, 0.1) is 19.8 Å². The highest BCUT2D eigenvalue weighted by atomic mass is 16.5. The monoisotopic (exact) mass is 441 g/mol. The highest BCUT2D eigenvalue weighted by Crippen LogP contribution is 2.27. The van der Waals surface area contributed by atoms with Gasteiger partial charge < -0.3 is 24.8 Å². The number of benzene rings is 1. The molecule has 0 amide bonds. The van der Waals surface area contributed by atoms with Gasteiger partial charge in [-0.25, -0.2) is 4.98 Å². The summed E-state index contributed by atoms with van der Waals surface area (Å²) in [5.41, 5.74) is 2.21. The second kappa shape index (κ2) is 12.9. The number of methoxy groups -OCH3 is 2. The molecular weight excluding hydrogens is 406 g/mol. The van der Waals surface area contributed by atoms with E-state index in [1.165, 1.54) is 18.4 Å². The average molecular weight is 442 g/mol. The molecule has 32 heavy (non-hydrogen) atoms. The molecule has 2 N–H and O–H groups in total. The molecule has 8 nitrogen and oxygen atoms in total. The minimum absolute atomic E-state index is 0.248. The van der Waals surface area contributed by atoms with E-state index >= 15 is 0 Å². The van der Waals surface area contributed by atoms with Crippen molar-refractivity contribution < 1.29 is 14.2 Å². The normalized spacial score (nSPS) is 15.4. The fourth-order valence-electron chi connectivity index (χ4n) is 3.86. The lowest BCUT2D eigenvalue weighted by atomic mass is 10.1. The lowest BCUT2D eigenvalue weighted by molar-refractivity contribution is 0.143. The Hall–Kier alpha value is -2.84. The van der Waals surface area contributed by atoms with Gasteiger partial charge in [0.25, 0.3) is 0 Å². The van der Waals surface area contributed by atoms with E-state index in [1.54, 1.807) is 27.5 Å². The van der Waals surface area contributed by atoms with Crippen LogP contribution < -0.4 is 20.1 Å². The quantitative estimate of drug-likeness (QED) is 0.315. The van der Waals surface area contributed by atoms with Crippen molar-refractivity contribution in [2.24, 2.45) is 4.99 Å². The molecule has 1 aliphatic rings. The molecule has 2 heterocycles. The minimum atomic E-state index is 0.248. The van der Waals surface area contributed by atoms with E-state index in [0.717, 1.165) is 36.9 Å². The van der Waals surface area contributed by atoms with Gasteiger partial charge in [0.15, 0.2) is 5.96 Å². The van der Waals surface area contributed by atoms with Crippen LogP contribution in [0.5, 0.6) is 11.6 Å². The molecule has 1 atom stereocenters. The zero-order valence-corrected chi connectivity index (χ0v) is 19.3. The Morgan fingerprint density at radius 3 is 2.72 bits per heavy atom. The first-order chi connectivity index (χ1) is 15.7. The summed E-state index contributed by atoms with van der Waals surface area (Å²) in [5, 5.41) is 6.88. The van der Waals surface area contributed by atoms with Crippen LogP contribution in [0.3, 0.4) is 0 Å². The van der Waals surface area contributed by atoms with Crippen LogP contribution in [0.2, 0.25) is 0 Å². The summed E-state index contributed by atoms with van der Waals surface area (Å²) < 4.78 is 16.2. The van der Waals surface area contributed by atoms with Crippen molar-refractivity contribution in [2.75, 3.05) is 54.1 Å². The summed E-state index contributed by atoms with van der Waals surface area (Å²) in [5.74, 6) is 2.23. The SMILES string of the molecule is CN=C(NCc1cccnc1OCCOC)NCC(c1cccc(OC)c1)N1CCCC1. The molecular formula is C24H35N5O3. The Kier molecular flexibility index (Phi) is 9.59. The van der Waals surface area contributed by atoms with Crippen LogP contribution in [0.1, 0.15) is 30.0 Å². The Labute approximate surface area is 191 Å². The first kappa shape index (κ1) is 23.8. The first-order valence-electron chi connectivity index (χ1n) is 11.1. The average Bonchev–Trinajstić information content (AvgIpc) is 3.37. The zero-order chi connectivity index (χ0) is 22.6. The van der Waals surface area contributed by atoms with E-state index in [0.29, 0.717) is 25.6 Å². The van der Waals surface area contributed by atoms with Gasteiger partial charge in [0.2, 0.25) is 5.88 Å². The van der Waals surface area contributed by atoms with Gasteiger partial charge in [-0.3, -0.25) is 9.89 Å². The van der Waals surface area contributed by atoms with E-state index in [-0.39, 0.29) is 6.04 Å². The molecule has 1 fully saturated rings. The zero-order valence-electron chi connectivity index (χ0n) is 19.3. The Morgan fingerprint density at radius 2 is 1.97 bits per heavy atom. The molecule has 3 rings (SSSR count). The third kappa shape index (κ3) is 6.83. The molecule has 0 aliphatic carbocycles. The number of hydrogen-bond donors (Lipinski definition) is 2. The van der Waals surface area contributed by atoms with E-state index in [2.05, 4.69) is 43.7 Å². The van der Waals surface area contributed by atoms with Crippen LogP contribution in [0.4, 0.5) is 0 Å². The molecule has 0 radical (unpaired) electrons. The van der Waals surface area contributed by atoms with Gasteiger partial charge in [-0.05, 0) is 49.7 Å². The number of guanidine groups is 1. The Bertz CT molecular complexity index is 855. The van der Waals surface area contributed by atoms with Crippen molar-refractivity contribution in [2.45, 2.75) is 25.4 Å².